The van der Waals surface area contributed by atoms with Crippen LogP contribution in [-0.4, -0.2) is 47.8 Å². The van der Waals surface area contributed by atoms with Crippen LogP contribution in [0.1, 0.15) is 22.6 Å². The molecule has 1 aliphatic heterocycles. The molecule has 25 heavy (non-hydrogen) atoms. The van der Waals surface area contributed by atoms with Crippen molar-refractivity contribution in [1.29, 1.82) is 0 Å². The van der Waals surface area contributed by atoms with E-state index in [1.54, 1.807) is 4.68 Å². The van der Waals surface area contributed by atoms with E-state index < -0.39 is 0 Å². The fourth-order valence-electron chi connectivity index (χ4n) is 3.43. The molecule has 0 saturated carbocycles. The van der Waals surface area contributed by atoms with Gasteiger partial charge in [-0.15, -0.1) is 0 Å². The first kappa shape index (κ1) is 17.6. The van der Waals surface area contributed by atoms with Gasteiger partial charge in [0, 0.05) is 44.5 Å². The number of amides is 1. The molecule has 6 heteroatoms. The number of aryl methyl sites for hydroxylation is 2. The number of rotatable bonds is 5. The van der Waals surface area contributed by atoms with Crippen molar-refractivity contribution >= 4 is 11.6 Å². The molecule has 2 heterocycles. The Morgan fingerprint density at radius 3 is 2.88 bits per heavy atom. The quantitative estimate of drug-likeness (QED) is 0.869. The van der Waals surface area contributed by atoms with E-state index in [0.29, 0.717) is 6.54 Å². The smallest absolute Gasteiger partial charge is 0.229 e. The van der Waals surface area contributed by atoms with Crippen LogP contribution in [0.25, 0.3) is 0 Å². The van der Waals surface area contributed by atoms with E-state index in [-0.39, 0.29) is 17.7 Å². The maximum atomic E-state index is 12.9. The number of nitrogens with zero attached hydrogens (tertiary/aromatic N) is 3. The number of nitrogens with one attached hydrogen (secondary N) is 2. The van der Waals surface area contributed by atoms with Crippen LogP contribution < -0.4 is 10.6 Å². The van der Waals surface area contributed by atoms with Crippen LogP contribution in [0.2, 0.25) is 0 Å². The molecule has 1 saturated heterocycles. The van der Waals surface area contributed by atoms with E-state index in [4.69, 9.17) is 0 Å². The summed E-state index contributed by atoms with van der Waals surface area (Å²) in [6.45, 7) is 4.39. The molecule has 2 aromatic rings. The van der Waals surface area contributed by atoms with Crippen molar-refractivity contribution in [2.45, 2.75) is 19.4 Å². The van der Waals surface area contributed by atoms with E-state index in [1.165, 1.54) is 5.56 Å². The van der Waals surface area contributed by atoms with Crippen molar-refractivity contribution < 1.29 is 4.79 Å². The van der Waals surface area contributed by atoms with Gasteiger partial charge in [0.2, 0.25) is 5.91 Å². The molecule has 2 N–H and O–H groups in total. The van der Waals surface area contributed by atoms with E-state index in [9.17, 15) is 4.79 Å². The summed E-state index contributed by atoms with van der Waals surface area (Å²) in [5, 5.41) is 10.7. The monoisotopic (exact) mass is 341 g/mol. The predicted octanol–water partition coefficient (Wildman–Crippen LogP) is 1.73. The van der Waals surface area contributed by atoms with Gasteiger partial charge in [0.15, 0.2) is 0 Å². The molecule has 0 bridgehead atoms. The Balaban J connectivity index is 1.75. The van der Waals surface area contributed by atoms with Crippen molar-refractivity contribution in [3.8, 4) is 0 Å². The van der Waals surface area contributed by atoms with Crippen molar-refractivity contribution in [3.05, 3.63) is 47.3 Å². The normalized spacial score (nSPS) is 20.2. The zero-order chi connectivity index (χ0) is 18.0. The van der Waals surface area contributed by atoms with Gasteiger partial charge in [-0.25, -0.2) is 0 Å². The largest absolute Gasteiger partial charge is 0.326 e. The van der Waals surface area contributed by atoms with Crippen LogP contribution >= 0.6 is 0 Å². The Kier molecular flexibility index (Phi) is 5.20. The number of hydrogen-bond acceptors (Lipinski definition) is 4. The van der Waals surface area contributed by atoms with Crippen molar-refractivity contribution in [3.63, 3.8) is 0 Å². The zero-order valence-corrected chi connectivity index (χ0v) is 15.4. The number of carbonyl (C=O) groups is 1. The summed E-state index contributed by atoms with van der Waals surface area (Å²) < 4.78 is 1.79. The van der Waals surface area contributed by atoms with Crippen LogP contribution in [0.15, 0.2) is 30.6 Å². The van der Waals surface area contributed by atoms with Crippen molar-refractivity contribution in [2.75, 3.05) is 32.5 Å². The van der Waals surface area contributed by atoms with Gasteiger partial charge in [-0.05, 0) is 43.8 Å². The van der Waals surface area contributed by atoms with Gasteiger partial charge in [0.25, 0.3) is 0 Å². The van der Waals surface area contributed by atoms with E-state index in [1.807, 2.05) is 40.5 Å². The number of hydrogen-bond donors (Lipinski definition) is 2. The highest BCUT2D eigenvalue weighted by Crippen LogP contribution is 2.29. The Bertz CT molecular complexity index is 752. The Hall–Kier alpha value is -2.18. The van der Waals surface area contributed by atoms with Gasteiger partial charge in [0.05, 0.1) is 12.1 Å². The molecule has 1 fully saturated rings. The zero-order valence-electron chi connectivity index (χ0n) is 15.4. The third-order valence-corrected chi connectivity index (χ3v) is 4.76. The van der Waals surface area contributed by atoms with Crippen molar-refractivity contribution in [1.82, 2.24) is 20.0 Å². The van der Waals surface area contributed by atoms with Gasteiger partial charge < -0.3 is 15.5 Å². The molecule has 0 aliphatic carbocycles. The van der Waals surface area contributed by atoms with Gasteiger partial charge in [0.1, 0.15) is 0 Å². The molecule has 1 amide bonds. The van der Waals surface area contributed by atoms with Crippen LogP contribution in [0.4, 0.5) is 5.69 Å². The number of carbonyl (C=O) groups excluding carboxylic acids is 1. The molecular formula is C19H27N5O. The fourth-order valence-corrected chi connectivity index (χ4v) is 3.43. The van der Waals surface area contributed by atoms with E-state index >= 15 is 0 Å². The molecule has 6 nitrogen and oxygen atoms in total. The summed E-state index contributed by atoms with van der Waals surface area (Å²) >= 11 is 0. The average molecular weight is 341 g/mol. The summed E-state index contributed by atoms with van der Waals surface area (Å²) in [5.74, 6) is 0.157. The molecule has 1 aromatic carbocycles. The Morgan fingerprint density at radius 2 is 2.20 bits per heavy atom. The molecule has 3 rings (SSSR count). The minimum atomic E-state index is -0.0823. The average Bonchev–Trinajstić information content (AvgIpc) is 3.18. The van der Waals surface area contributed by atoms with Gasteiger partial charge in [-0.2, -0.15) is 5.10 Å². The number of anilines is 1. The molecule has 2 atom stereocenters. The minimum Gasteiger partial charge on any atom is -0.326 e. The lowest BCUT2D eigenvalue weighted by Gasteiger charge is -2.19. The first-order valence-corrected chi connectivity index (χ1v) is 8.68. The lowest BCUT2D eigenvalue weighted by molar-refractivity contribution is -0.119. The second kappa shape index (κ2) is 7.37. The first-order chi connectivity index (χ1) is 11.9. The third-order valence-electron chi connectivity index (χ3n) is 4.76. The summed E-state index contributed by atoms with van der Waals surface area (Å²) in [6, 6.07) is 6.26. The SMILES string of the molecule is Cc1ccc(CN(C)C)cc1NC(=O)[C@H]1CNC[C@@H]1c1cnn(C)c1. The van der Waals surface area contributed by atoms with Crippen LogP contribution in [-0.2, 0) is 18.4 Å². The summed E-state index contributed by atoms with van der Waals surface area (Å²) in [7, 11) is 5.99. The third kappa shape index (κ3) is 4.08. The van der Waals surface area contributed by atoms with Crippen LogP contribution in [0.3, 0.4) is 0 Å². The maximum Gasteiger partial charge on any atom is 0.229 e. The lowest BCUT2D eigenvalue weighted by atomic mass is 9.90. The Labute approximate surface area is 149 Å². The molecule has 1 aromatic heterocycles. The number of aromatic nitrogens is 2. The first-order valence-electron chi connectivity index (χ1n) is 8.68. The second-order valence-electron chi connectivity index (χ2n) is 7.19. The van der Waals surface area contributed by atoms with Gasteiger partial charge in [-0.3, -0.25) is 9.48 Å². The standard InChI is InChI=1S/C19H27N5O/c1-13-5-6-14(11-23(2)3)7-18(13)22-19(25)17-10-20-9-16(17)15-8-21-24(4)12-15/h5-8,12,16-17,20H,9-11H2,1-4H3,(H,22,25)/t16-,17+/m1/s1. The molecule has 0 unspecified atom stereocenters. The predicted molar refractivity (Wildman–Crippen MR) is 99.5 cm³/mol. The molecular weight excluding hydrogens is 314 g/mol. The molecule has 0 radical (unpaired) electrons. The number of benzene rings is 1. The fraction of sp³-hybridized carbons (Fsp3) is 0.474. The lowest BCUT2D eigenvalue weighted by Crippen LogP contribution is -2.28. The summed E-state index contributed by atoms with van der Waals surface area (Å²) in [5.41, 5.74) is 4.30. The van der Waals surface area contributed by atoms with E-state index in [0.717, 1.165) is 29.9 Å². The molecule has 0 spiro atoms. The molecule has 134 valence electrons. The van der Waals surface area contributed by atoms with Crippen LogP contribution in [0.5, 0.6) is 0 Å². The van der Waals surface area contributed by atoms with Crippen LogP contribution in [0, 0.1) is 12.8 Å². The maximum absolute atomic E-state index is 12.9. The second-order valence-corrected chi connectivity index (χ2v) is 7.19. The summed E-state index contributed by atoms with van der Waals surface area (Å²) in [4.78, 5) is 15.0. The Morgan fingerprint density at radius 1 is 1.40 bits per heavy atom. The topological polar surface area (TPSA) is 62.2 Å². The minimum absolute atomic E-state index is 0.0731. The highest BCUT2D eigenvalue weighted by molar-refractivity contribution is 5.94. The van der Waals surface area contributed by atoms with Crippen molar-refractivity contribution in [2.24, 2.45) is 13.0 Å². The van der Waals surface area contributed by atoms with Gasteiger partial charge in [-0.1, -0.05) is 12.1 Å². The highest BCUT2D eigenvalue weighted by atomic mass is 16.2. The molecule has 1 aliphatic rings. The summed E-state index contributed by atoms with van der Waals surface area (Å²) in [6.07, 6.45) is 3.86. The van der Waals surface area contributed by atoms with Gasteiger partial charge >= 0.3 is 0 Å². The van der Waals surface area contributed by atoms with E-state index in [2.05, 4.69) is 38.8 Å². The highest BCUT2D eigenvalue weighted by Gasteiger charge is 2.34.